The molecule has 43 heavy (non-hydrogen) atoms. The molecule has 0 amide bonds. The van der Waals surface area contributed by atoms with Crippen molar-refractivity contribution in [2.75, 3.05) is 0 Å². The van der Waals surface area contributed by atoms with Gasteiger partial charge in [0.1, 0.15) is 0 Å². The van der Waals surface area contributed by atoms with E-state index in [0.717, 1.165) is 43.8 Å². The summed E-state index contributed by atoms with van der Waals surface area (Å²) in [5.74, 6) is 0.722. The lowest BCUT2D eigenvalue weighted by atomic mass is 9.89. The van der Waals surface area contributed by atoms with Gasteiger partial charge in [-0.25, -0.2) is 9.97 Å². The Labute approximate surface area is 258 Å². The van der Waals surface area contributed by atoms with Crippen LogP contribution < -0.4 is 0 Å². The second-order valence-electron chi connectivity index (χ2n) is 10.7. The Morgan fingerprint density at radius 1 is 0.349 bits per heavy atom. The zero-order chi connectivity index (χ0) is 28.8. The van der Waals surface area contributed by atoms with Gasteiger partial charge < -0.3 is 0 Å². The molecule has 0 bridgehead atoms. The maximum atomic E-state index is 5.19. The molecule has 8 aromatic rings. The Hall–Kier alpha value is -5.12. The van der Waals surface area contributed by atoms with E-state index in [0.29, 0.717) is 0 Å². The summed E-state index contributed by atoms with van der Waals surface area (Å²) in [4.78, 5) is 10.4. The third-order valence-electron chi connectivity index (χ3n) is 8.14. The number of nitrogens with zero attached hydrogens (tertiary/aromatic N) is 2. The number of rotatable bonds is 4. The smallest absolute Gasteiger partial charge is 0.161 e. The molecule has 3 heteroatoms. The molecule has 0 aliphatic rings. The van der Waals surface area contributed by atoms with Crippen molar-refractivity contribution in [1.82, 2.24) is 9.97 Å². The van der Waals surface area contributed by atoms with Crippen molar-refractivity contribution in [3.05, 3.63) is 156 Å². The first-order valence-electron chi connectivity index (χ1n) is 14.4. The molecular weight excluding hydrogens is 588 g/mol. The molecule has 0 aliphatic heterocycles. The first kappa shape index (κ1) is 25.6. The number of benzene rings is 7. The van der Waals surface area contributed by atoms with E-state index in [2.05, 4.69) is 155 Å². The number of aromatic nitrogens is 2. The third kappa shape index (κ3) is 4.59. The highest BCUT2D eigenvalue weighted by atomic mass is 79.9. The molecule has 1 aromatic heterocycles. The second kappa shape index (κ2) is 10.6. The predicted molar refractivity (Wildman–Crippen MR) is 184 cm³/mol. The van der Waals surface area contributed by atoms with Crippen LogP contribution in [0.4, 0.5) is 0 Å². The third-order valence-corrected chi connectivity index (χ3v) is 8.67. The summed E-state index contributed by atoms with van der Waals surface area (Å²) in [6.45, 7) is 0. The SMILES string of the molecule is Brc1ccc(-c2cc3c4ccccc4c(-c4nc(-c5ccccc5)cc(-c5ccccc5)n4)cc3c3ccccc23)cc1. The lowest BCUT2D eigenvalue weighted by molar-refractivity contribution is 1.19. The molecule has 2 nitrogen and oxygen atoms in total. The molecule has 0 unspecified atom stereocenters. The van der Waals surface area contributed by atoms with Gasteiger partial charge in [-0.2, -0.15) is 0 Å². The van der Waals surface area contributed by atoms with Gasteiger partial charge in [-0.1, -0.05) is 137 Å². The molecule has 0 atom stereocenters. The highest BCUT2D eigenvalue weighted by Gasteiger charge is 2.17. The van der Waals surface area contributed by atoms with E-state index in [-0.39, 0.29) is 0 Å². The van der Waals surface area contributed by atoms with E-state index >= 15 is 0 Å². The first-order valence-corrected chi connectivity index (χ1v) is 15.2. The van der Waals surface area contributed by atoms with Gasteiger partial charge in [0.15, 0.2) is 5.82 Å². The minimum Gasteiger partial charge on any atom is -0.228 e. The van der Waals surface area contributed by atoms with Crippen LogP contribution in [0.2, 0.25) is 0 Å². The number of halogens is 1. The Bertz CT molecular complexity index is 2220. The summed E-state index contributed by atoms with van der Waals surface area (Å²) in [6, 6.07) is 53.4. The molecule has 8 rings (SSSR count). The quantitative estimate of drug-likeness (QED) is 0.185. The fourth-order valence-corrected chi connectivity index (χ4v) is 6.35. The summed E-state index contributed by atoms with van der Waals surface area (Å²) in [5.41, 5.74) is 7.40. The lowest BCUT2D eigenvalue weighted by Gasteiger charge is -2.16. The van der Waals surface area contributed by atoms with Gasteiger partial charge in [0.25, 0.3) is 0 Å². The molecule has 0 radical (unpaired) electrons. The van der Waals surface area contributed by atoms with Gasteiger partial charge in [0.05, 0.1) is 11.4 Å². The molecule has 7 aromatic carbocycles. The number of hydrogen-bond donors (Lipinski definition) is 0. The minimum atomic E-state index is 0.722. The molecular formula is C40H25BrN2. The lowest BCUT2D eigenvalue weighted by Crippen LogP contribution is -1.97. The van der Waals surface area contributed by atoms with Crippen molar-refractivity contribution in [2.45, 2.75) is 0 Å². The molecule has 0 aliphatic carbocycles. The van der Waals surface area contributed by atoms with E-state index in [1.165, 1.54) is 38.1 Å². The summed E-state index contributed by atoms with van der Waals surface area (Å²) < 4.78 is 1.07. The normalized spacial score (nSPS) is 11.4. The molecule has 0 saturated carbocycles. The van der Waals surface area contributed by atoms with Crippen LogP contribution in [0.3, 0.4) is 0 Å². The summed E-state index contributed by atoms with van der Waals surface area (Å²) in [6.07, 6.45) is 0. The predicted octanol–water partition coefficient (Wildman–Crippen LogP) is 11.4. The Morgan fingerprint density at radius 3 is 1.33 bits per heavy atom. The molecule has 202 valence electrons. The average molecular weight is 614 g/mol. The van der Waals surface area contributed by atoms with Gasteiger partial charge in [-0.15, -0.1) is 0 Å². The van der Waals surface area contributed by atoms with E-state index in [1.54, 1.807) is 0 Å². The maximum absolute atomic E-state index is 5.19. The molecule has 1 heterocycles. The minimum absolute atomic E-state index is 0.722. The Morgan fingerprint density at radius 2 is 0.791 bits per heavy atom. The van der Waals surface area contributed by atoms with Gasteiger partial charge in [0, 0.05) is 21.2 Å². The molecule has 0 N–H and O–H groups in total. The second-order valence-corrected chi connectivity index (χ2v) is 11.7. The van der Waals surface area contributed by atoms with E-state index < -0.39 is 0 Å². The van der Waals surface area contributed by atoms with Gasteiger partial charge in [-0.3, -0.25) is 0 Å². The van der Waals surface area contributed by atoms with Crippen molar-refractivity contribution in [3.8, 4) is 45.0 Å². The molecule has 0 saturated heterocycles. The average Bonchev–Trinajstić information content (AvgIpc) is 3.08. The maximum Gasteiger partial charge on any atom is 0.161 e. The highest BCUT2D eigenvalue weighted by Crippen LogP contribution is 2.42. The standard InChI is InChI=1S/C40H25BrN2/c41-29-21-19-26(20-22-29)34-23-35-32-17-9-10-18-33(32)37(24-36(35)31-16-8-7-15-30(31)34)40-42-38(27-11-3-1-4-12-27)25-39(43-40)28-13-5-2-6-14-28/h1-25H. The van der Waals surface area contributed by atoms with E-state index in [1.807, 2.05) is 12.1 Å². The molecule has 0 spiro atoms. The van der Waals surface area contributed by atoms with Crippen LogP contribution in [-0.4, -0.2) is 9.97 Å². The van der Waals surface area contributed by atoms with Gasteiger partial charge in [0.2, 0.25) is 0 Å². The Kier molecular flexibility index (Phi) is 6.31. The fourth-order valence-electron chi connectivity index (χ4n) is 6.09. The fraction of sp³-hybridized carbons (Fsp3) is 0. The van der Waals surface area contributed by atoms with Crippen LogP contribution in [-0.2, 0) is 0 Å². The van der Waals surface area contributed by atoms with Crippen LogP contribution in [0.1, 0.15) is 0 Å². The van der Waals surface area contributed by atoms with Crippen molar-refractivity contribution in [1.29, 1.82) is 0 Å². The van der Waals surface area contributed by atoms with Gasteiger partial charge >= 0.3 is 0 Å². The van der Waals surface area contributed by atoms with Crippen LogP contribution >= 0.6 is 15.9 Å². The van der Waals surface area contributed by atoms with Crippen molar-refractivity contribution in [3.63, 3.8) is 0 Å². The number of fused-ring (bicyclic) bond motifs is 5. The summed E-state index contributed by atoms with van der Waals surface area (Å²) >= 11 is 3.60. The van der Waals surface area contributed by atoms with Crippen LogP contribution in [0.25, 0.3) is 77.3 Å². The van der Waals surface area contributed by atoms with Crippen LogP contribution in [0, 0.1) is 0 Å². The monoisotopic (exact) mass is 612 g/mol. The zero-order valence-electron chi connectivity index (χ0n) is 23.2. The largest absolute Gasteiger partial charge is 0.228 e. The van der Waals surface area contributed by atoms with Crippen molar-refractivity contribution >= 4 is 48.2 Å². The highest BCUT2D eigenvalue weighted by molar-refractivity contribution is 9.10. The van der Waals surface area contributed by atoms with E-state index in [4.69, 9.17) is 9.97 Å². The summed E-state index contributed by atoms with van der Waals surface area (Å²) in [7, 11) is 0. The van der Waals surface area contributed by atoms with Crippen LogP contribution in [0.5, 0.6) is 0 Å². The summed E-state index contributed by atoms with van der Waals surface area (Å²) in [5, 5.41) is 7.18. The Balaban J connectivity index is 1.45. The van der Waals surface area contributed by atoms with Crippen molar-refractivity contribution < 1.29 is 0 Å². The topological polar surface area (TPSA) is 25.8 Å². The zero-order valence-corrected chi connectivity index (χ0v) is 24.8. The van der Waals surface area contributed by atoms with Crippen LogP contribution in [0.15, 0.2) is 156 Å². The van der Waals surface area contributed by atoms with E-state index in [9.17, 15) is 0 Å². The van der Waals surface area contributed by atoms with Crippen molar-refractivity contribution in [2.24, 2.45) is 0 Å². The van der Waals surface area contributed by atoms with Gasteiger partial charge in [-0.05, 0) is 73.8 Å². The first-order chi connectivity index (χ1) is 21.2. The molecule has 0 fully saturated rings. The number of hydrogen-bond acceptors (Lipinski definition) is 2.